The third kappa shape index (κ3) is 6.58. The van der Waals surface area contributed by atoms with Gasteiger partial charge in [0.2, 0.25) is 11.8 Å². The first-order valence-corrected chi connectivity index (χ1v) is 21.5. The van der Waals surface area contributed by atoms with Crippen molar-refractivity contribution in [1.82, 2.24) is 30.0 Å². The molecule has 6 fully saturated rings. The van der Waals surface area contributed by atoms with Gasteiger partial charge in [-0.2, -0.15) is 0 Å². The minimum atomic E-state index is -0.300. The Kier molecular flexibility index (Phi) is 10.0. The normalized spacial score (nSPS) is 27.4. The second-order valence-electron chi connectivity index (χ2n) is 17.0. The summed E-state index contributed by atoms with van der Waals surface area (Å²) in [7, 11) is 3.42. The lowest BCUT2D eigenvalue weighted by Crippen LogP contribution is -2.56. The molecule has 10 heteroatoms. The highest BCUT2D eigenvalue weighted by molar-refractivity contribution is 5.91. The number of aromatic nitrogens is 4. The summed E-state index contributed by atoms with van der Waals surface area (Å²) in [5.41, 5.74) is 4.01. The maximum atomic E-state index is 7.30. The lowest BCUT2D eigenvalue weighted by molar-refractivity contribution is -0.0505. The largest absolute Gasteiger partial charge is 0.497 e. The van der Waals surface area contributed by atoms with E-state index in [0.717, 1.165) is 94.2 Å². The highest BCUT2D eigenvalue weighted by Gasteiger charge is 2.46. The number of fused-ring (bicyclic) bond motifs is 9. The molecule has 9 heterocycles. The van der Waals surface area contributed by atoms with Gasteiger partial charge < -0.3 is 18.9 Å². The summed E-state index contributed by atoms with van der Waals surface area (Å²) in [6, 6.07) is 25.1. The minimum Gasteiger partial charge on any atom is -0.497 e. The number of methoxy groups -OCH3 is 2. The highest BCUT2D eigenvalue weighted by atomic mass is 16.5. The predicted octanol–water partition coefficient (Wildman–Crippen LogP) is 9.22. The van der Waals surface area contributed by atoms with Gasteiger partial charge in [-0.3, -0.25) is 19.8 Å². The Morgan fingerprint density at radius 2 is 1.07 bits per heavy atom. The van der Waals surface area contributed by atoms with Gasteiger partial charge >= 0.3 is 0 Å². The van der Waals surface area contributed by atoms with Gasteiger partial charge in [0.25, 0.3) is 0 Å². The molecule has 0 spiro atoms. The van der Waals surface area contributed by atoms with Crippen LogP contribution in [0.15, 0.2) is 85.2 Å². The molecule has 3 aromatic carbocycles. The van der Waals surface area contributed by atoms with Crippen molar-refractivity contribution in [3.8, 4) is 23.3 Å². The van der Waals surface area contributed by atoms with Crippen LogP contribution in [0.25, 0.3) is 32.6 Å². The zero-order valence-corrected chi connectivity index (χ0v) is 34.1. The maximum Gasteiger partial charge on any atom is 0.242 e. The van der Waals surface area contributed by atoms with E-state index in [-0.39, 0.29) is 24.3 Å². The number of pyridine rings is 2. The molecular weight excluding hydrogens is 725 g/mol. The third-order valence-corrected chi connectivity index (χ3v) is 14.3. The molecule has 10 atom stereocenters. The number of ether oxygens (including phenoxy) is 4. The number of hydrogen-bond donors (Lipinski definition) is 0. The molecule has 0 amide bonds. The molecule has 6 saturated heterocycles. The molecule has 10 nitrogen and oxygen atoms in total. The minimum absolute atomic E-state index is 0.180. The van der Waals surface area contributed by atoms with E-state index in [0.29, 0.717) is 35.4 Å². The molecule has 0 saturated carbocycles. The van der Waals surface area contributed by atoms with Crippen molar-refractivity contribution in [3.63, 3.8) is 0 Å². The number of rotatable bonds is 12. The topological polar surface area (TPSA) is 95.0 Å². The van der Waals surface area contributed by atoms with Crippen LogP contribution in [0.4, 0.5) is 0 Å². The Hall–Kier alpha value is -5.06. The van der Waals surface area contributed by atoms with Gasteiger partial charge in [-0.1, -0.05) is 38.8 Å². The zero-order valence-electron chi connectivity index (χ0n) is 34.1. The number of nitrogens with zero attached hydrogens (tertiary/aromatic N) is 6. The lowest BCUT2D eigenvalue weighted by Gasteiger charge is -2.52. The van der Waals surface area contributed by atoms with Crippen LogP contribution in [0, 0.1) is 23.7 Å². The van der Waals surface area contributed by atoms with E-state index in [9.17, 15) is 0 Å². The number of piperidine rings is 6. The summed E-state index contributed by atoms with van der Waals surface area (Å²) in [5.74, 6) is 5.39. The average Bonchev–Trinajstić information content (AvgIpc) is 3.29. The van der Waals surface area contributed by atoms with Crippen LogP contribution in [0.5, 0.6) is 23.3 Å². The third-order valence-electron chi connectivity index (χ3n) is 14.3. The van der Waals surface area contributed by atoms with Gasteiger partial charge in [0, 0.05) is 47.4 Å². The van der Waals surface area contributed by atoms with Crippen LogP contribution in [0.1, 0.15) is 75.7 Å². The maximum absolute atomic E-state index is 7.30. The summed E-state index contributed by atoms with van der Waals surface area (Å²) < 4.78 is 26.0. The van der Waals surface area contributed by atoms with Crippen LogP contribution in [0.3, 0.4) is 0 Å². The molecule has 6 aliphatic heterocycles. The van der Waals surface area contributed by atoms with E-state index in [2.05, 4.69) is 72.2 Å². The fraction of sp³-hybridized carbons (Fsp3) is 0.458. The molecular formula is C48H54N6O4. The van der Waals surface area contributed by atoms with Crippen LogP contribution in [-0.4, -0.2) is 82.4 Å². The van der Waals surface area contributed by atoms with E-state index in [4.69, 9.17) is 39.1 Å². The van der Waals surface area contributed by atoms with Crippen LogP contribution >= 0.6 is 0 Å². The van der Waals surface area contributed by atoms with Gasteiger partial charge in [-0.05, 0) is 123 Å². The van der Waals surface area contributed by atoms with E-state index in [1.807, 2.05) is 36.7 Å². The van der Waals surface area contributed by atoms with E-state index in [1.165, 1.54) is 25.7 Å². The van der Waals surface area contributed by atoms with Gasteiger partial charge in [0.15, 0.2) is 0 Å². The van der Waals surface area contributed by atoms with Crippen LogP contribution in [-0.2, 0) is 0 Å². The molecule has 3 aromatic heterocycles. The lowest BCUT2D eigenvalue weighted by atomic mass is 9.72. The SMILES string of the molecule is CC[C@@H]1CN2CC[C@H]1C[C@H]2[C@H](Oc1nnc(O[C@@H](c2ccnc3ccc(OC)cc23)[C@@H]2C[C@@H]3CCN2C[C@@H]3CC)c2ccccc12)c1ccnc2ccc(OC)cc12. The van der Waals surface area contributed by atoms with Crippen molar-refractivity contribution < 1.29 is 18.9 Å². The molecule has 0 radical (unpaired) electrons. The smallest absolute Gasteiger partial charge is 0.242 e. The summed E-state index contributed by atoms with van der Waals surface area (Å²) in [6.45, 7) is 9.00. The van der Waals surface area contributed by atoms with Gasteiger partial charge in [-0.25, -0.2) is 0 Å². The number of benzene rings is 3. The van der Waals surface area contributed by atoms with Crippen molar-refractivity contribution in [2.45, 2.75) is 76.7 Å². The molecule has 4 bridgehead atoms. The molecule has 0 aliphatic carbocycles. The summed E-state index contributed by atoms with van der Waals surface area (Å²) in [6.07, 6.45) is 10.2. The van der Waals surface area contributed by atoms with Crippen LogP contribution in [0.2, 0.25) is 0 Å². The summed E-state index contributed by atoms with van der Waals surface area (Å²) in [4.78, 5) is 14.8. The standard InChI is InChI=1S/C48H54N6O4/c1-5-29-27-53-21-17-31(29)23-43(53)45(35-15-19-49-41-13-11-33(55-3)25-39(35)41)57-47-37-9-7-8-10-38(37)48(52-51-47)58-46(44-24-32-18-22-54(44)28-30(32)6-2)36-16-20-50-42-14-12-34(56-4)26-40(36)42/h7-16,19-20,25-26,29-32,43-46H,5-6,17-18,21-24,27-28H2,1-4H3/t29-,30+,31-,32-,43-,44-,45-,46+/m0/s1. The highest BCUT2D eigenvalue weighted by Crippen LogP contribution is 2.47. The van der Waals surface area contributed by atoms with E-state index >= 15 is 0 Å². The molecule has 300 valence electrons. The Morgan fingerprint density at radius 1 is 0.603 bits per heavy atom. The first-order valence-electron chi connectivity index (χ1n) is 21.5. The van der Waals surface area contributed by atoms with E-state index < -0.39 is 0 Å². The van der Waals surface area contributed by atoms with Crippen molar-refractivity contribution in [3.05, 3.63) is 96.3 Å². The summed E-state index contributed by atoms with van der Waals surface area (Å²) in [5, 5.41) is 13.7. The first kappa shape index (κ1) is 37.2. The Bertz CT molecular complexity index is 2280. The molecule has 2 unspecified atom stereocenters. The molecule has 6 aliphatic rings. The van der Waals surface area contributed by atoms with Gasteiger partial charge in [-0.15, -0.1) is 10.2 Å². The second-order valence-corrected chi connectivity index (χ2v) is 17.0. The molecule has 58 heavy (non-hydrogen) atoms. The molecule has 6 aromatic rings. The monoisotopic (exact) mass is 778 g/mol. The van der Waals surface area contributed by atoms with Crippen molar-refractivity contribution in [2.24, 2.45) is 23.7 Å². The predicted molar refractivity (Wildman–Crippen MR) is 227 cm³/mol. The average molecular weight is 779 g/mol. The first-order chi connectivity index (χ1) is 28.5. The Morgan fingerprint density at radius 3 is 1.47 bits per heavy atom. The van der Waals surface area contributed by atoms with Gasteiger partial charge in [0.1, 0.15) is 23.7 Å². The summed E-state index contributed by atoms with van der Waals surface area (Å²) >= 11 is 0. The number of hydrogen-bond acceptors (Lipinski definition) is 10. The van der Waals surface area contributed by atoms with Crippen molar-refractivity contribution in [2.75, 3.05) is 40.4 Å². The fourth-order valence-electron chi connectivity index (χ4n) is 11.1. The fourth-order valence-corrected chi connectivity index (χ4v) is 11.1. The van der Waals surface area contributed by atoms with E-state index in [1.54, 1.807) is 14.2 Å². The molecule has 0 N–H and O–H groups in total. The van der Waals surface area contributed by atoms with Crippen molar-refractivity contribution in [1.29, 1.82) is 0 Å². The van der Waals surface area contributed by atoms with Crippen LogP contribution < -0.4 is 18.9 Å². The quantitative estimate of drug-likeness (QED) is 0.120. The second kappa shape index (κ2) is 15.6. The zero-order chi connectivity index (χ0) is 39.3. The Labute approximate surface area is 340 Å². The van der Waals surface area contributed by atoms with Crippen molar-refractivity contribution >= 4 is 32.6 Å². The molecule has 12 rings (SSSR count). The van der Waals surface area contributed by atoms with Gasteiger partial charge in [0.05, 0.1) is 48.1 Å². The Balaban J connectivity index is 1.06.